The molecule has 0 spiro atoms. The first kappa shape index (κ1) is 13.7. The van der Waals surface area contributed by atoms with Crippen LogP contribution in [0.25, 0.3) is 0 Å². The highest BCUT2D eigenvalue weighted by Crippen LogP contribution is 2.26. The highest BCUT2D eigenvalue weighted by molar-refractivity contribution is 5.95. The minimum Gasteiger partial charge on any atom is -0.395 e. The van der Waals surface area contributed by atoms with Gasteiger partial charge in [-0.2, -0.15) is 5.10 Å². The number of carbonyl (C=O) groups excluding carboxylic acids is 1. The molecule has 0 aromatic carbocycles. The molecule has 0 atom stereocenters. The van der Waals surface area contributed by atoms with Gasteiger partial charge in [0.15, 0.2) is 0 Å². The van der Waals surface area contributed by atoms with E-state index < -0.39 is 5.56 Å². The summed E-state index contributed by atoms with van der Waals surface area (Å²) in [7, 11) is 0. The first-order chi connectivity index (χ1) is 9.06. The zero-order valence-electron chi connectivity index (χ0n) is 11.3. The van der Waals surface area contributed by atoms with Crippen molar-refractivity contribution >= 4 is 5.91 Å². The Morgan fingerprint density at radius 3 is 2.68 bits per heavy atom. The summed E-state index contributed by atoms with van der Waals surface area (Å²) in [5, 5.41) is 15.3. The van der Waals surface area contributed by atoms with Crippen LogP contribution >= 0.6 is 0 Å². The number of hydrogen-bond donors (Lipinski definition) is 2. The lowest BCUT2D eigenvalue weighted by Gasteiger charge is -2.37. The molecule has 6 nitrogen and oxygen atoms in total. The number of aliphatic hydroxyl groups excluding tert-OH is 1. The molecule has 2 rings (SSSR count). The van der Waals surface area contributed by atoms with Crippen molar-refractivity contribution in [3.63, 3.8) is 0 Å². The molecule has 1 saturated carbocycles. The number of aromatic nitrogens is 2. The predicted molar refractivity (Wildman–Crippen MR) is 70.1 cm³/mol. The summed E-state index contributed by atoms with van der Waals surface area (Å²) >= 11 is 0. The van der Waals surface area contributed by atoms with Crippen LogP contribution in [0.3, 0.4) is 0 Å². The van der Waals surface area contributed by atoms with Gasteiger partial charge in [-0.3, -0.25) is 9.59 Å². The van der Waals surface area contributed by atoms with Gasteiger partial charge in [0.25, 0.3) is 11.5 Å². The maximum Gasteiger partial charge on any atom is 0.277 e. The largest absolute Gasteiger partial charge is 0.395 e. The average Bonchev–Trinajstić information content (AvgIpc) is 2.31. The van der Waals surface area contributed by atoms with E-state index in [2.05, 4.69) is 10.2 Å². The van der Waals surface area contributed by atoms with Gasteiger partial charge in [0.1, 0.15) is 5.56 Å². The van der Waals surface area contributed by atoms with Gasteiger partial charge in [-0.05, 0) is 38.7 Å². The Morgan fingerprint density at radius 1 is 1.47 bits per heavy atom. The van der Waals surface area contributed by atoms with Crippen LogP contribution in [0.5, 0.6) is 0 Å². The molecule has 0 saturated heterocycles. The Bertz CT molecular complexity index is 534. The zero-order valence-corrected chi connectivity index (χ0v) is 11.3. The van der Waals surface area contributed by atoms with Gasteiger partial charge in [0.2, 0.25) is 0 Å². The molecule has 0 bridgehead atoms. The summed E-state index contributed by atoms with van der Waals surface area (Å²) in [6.45, 7) is 3.65. The summed E-state index contributed by atoms with van der Waals surface area (Å²) in [5.41, 5.74) is 0.930. The van der Waals surface area contributed by atoms with Crippen molar-refractivity contribution in [3.05, 3.63) is 27.2 Å². The summed E-state index contributed by atoms with van der Waals surface area (Å²) in [5.74, 6) is -0.303. The van der Waals surface area contributed by atoms with Gasteiger partial charge in [-0.15, -0.1) is 0 Å². The second kappa shape index (κ2) is 5.52. The number of carbonyl (C=O) groups is 1. The number of amides is 1. The molecule has 1 aliphatic rings. The van der Waals surface area contributed by atoms with E-state index in [4.69, 9.17) is 5.11 Å². The zero-order chi connectivity index (χ0) is 14.0. The van der Waals surface area contributed by atoms with E-state index in [1.54, 1.807) is 18.7 Å². The maximum absolute atomic E-state index is 12.5. The van der Waals surface area contributed by atoms with Crippen LogP contribution < -0.4 is 5.56 Å². The number of aromatic amines is 1. The number of nitrogens with one attached hydrogen (secondary N) is 1. The van der Waals surface area contributed by atoms with Gasteiger partial charge in [0, 0.05) is 12.6 Å². The standard InChI is InChI=1S/C13H19N3O3/c1-8-9(2)14-15-12(18)11(8)13(19)16(6-7-17)10-4-3-5-10/h10,17H,3-7H2,1-2H3,(H,15,18). The van der Waals surface area contributed by atoms with Crippen LogP contribution in [0, 0.1) is 13.8 Å². The number of aryl methyl sites for hydroxylation is 1. The number of aliphatic hydroxyl groups is 1. The molecule has 1 heterocycles. The monoisotopic (exact) mass is 265 g/mol. The third-order valence-corrected chi connectivity index (χ3v) is 3.80. The molecule has 19 heavy (non-hydrogen) atoms. The molecule has 2 N–H and O–H groups in total. The highest BCUT2D eigenvalue weighted by Gasteiger charge is 2.31. The molecule has 0 aliphatic heterocycles. The second-order valence-corrected chi connectivity index (χ2v) is 4.95. The first-order valence-electron chi connectivity index (χ1n) is 6.54. The van der Waals surface area contributed by atoms with E-state index in [-0.39, 0.29) is 30.7 Å². The van der Waals surface area contributed by atoms with Crippen LogP contribution in [-0.2, 0) is 0 Å². The average molecular weight is 265 g/mol. The predicted octanol–water partition coefficient (Wildman–Crippen LogP) is 0.374. The maximum atomic E-state index is 12.5. The molecule has 104 valence electrons. The van der Waals surface area contributed by atoms with Crippen LogP contribution in [-0.4, -0.2) is 45.3 Å². The SMILES string of the molecule is Cc1n[nH]c(=O)c(C(=O)N(CCO)C2CCC2)c1C. The summed E-state index contributed by atoms with van der Waals surface area (Å²) in [6, 6.07) is 0.145. The van der Waals surface area contributed by atoms with Crippen molar-refractivity contribution in [2.75, 3.05) is 13.2 Å². The lowest BCUT2D eigenvalue weighted by Crippen LogP contribution is -2.47. The normalized spacial score (nSPS) is 15.1. The van der Waals surface area contributed by atoms with Crippen LogP contribution in [0.4, 0.5) is 0 Å². The van der Waals surface area contributed by atoms with Crippen molar-refractivity contribution in [2.24, 2.45) is 0 Å². The third-order valence-electron chi connectivity index (χ3n) is 3.80. The molecule has 1 amide bonds. The van der Waals surface area contributed by atoms with Crippen molar-refractivity contribution in [2.45, 2.75) is 39.2 Å². The van der Waals surface area contributed by atoms with Crippen LogP contribution in [0.1, 0.15) is 40.9 Å². The topological polar surface area (TPSA) is 86.3 Å². The first-order valence-corrected chi connectivity index (χ1v) is 6.54. The van der Waals surface area contributed by atoms with Crippen molar-refractivity contribution in [1.29, 1.82) is 0 Å². The Kier molecular flexibility index (Phi) is 3.99. The van der Waals surface area contributed by atoms with E-state index in [1.165, 1.54) is 0 Å². The van der Waals surface area contributed by atoms with E-state index >= 15 is 0 Å². The van der Waals surface area contributed by atoms with Crippen molar-refractivity contribution in [1.82, 2.24) is 15.1 Å². The smallest absolute Gasteiger partial charge is 0.277 e. The van der Waals surface area contributed by atoms with Crippen molar-refractivity contribution in [3.8, 4) is 0 Å². The Hall–Kier alpha value is -1.69. The third kappa shape index (κ3) is 2.53. The molecule has 0 radical (unpaired) electrons. The van der Waals surface area contributed by atoms with E-state index in [1.807, 2.05) is 0 Å². The lowest BCUT2D eigenvalue weighted by molar-refractivity contribution is 0.0523. The van der Waals surface area contributed by atoms with Gasteiger partial charge in [-0.1, -0.05) is 0 Å². The van der Waals surface area contributed by atoms with Gasteiger partial charge < -0.3 is 10.0 Å². The molecule has 1 aromatic rings. The number of hydrogen-bond acceptors (Lipinski definition) is 4. The molecule has 1 aliphatic carbocycles. The molecule has 6 heteroatoms. The fraction of sp³-hybridized carbons (Fsp3) is 0.615. The lowest BCUT2D eigenvalue weighted by atomic mass is 9.90. The molecule has 0 unspecified atom stereocenters. The summed E-state index contributed by atoms with van der Waals surface area (Å²) in [4.78, 5) is 26.0. The van der Waals surface area contributed by atoms with Crippen molar-refractivity contribution < 1.29 is 9.90 Å². The summed E-state index contributed by atoms with van der Waals surface area (Å²) < 4.78 is 0. The quantitative estimate of drug-likeness (QED) is 0.823. The number of H-pyrrole nitrogens is 1. The Balaban J connectivity index is 2.36. The highest BCUT2D eigenvalue weighted by atomic mass is 16.3. The van der Waals surface area contributed by atoms with Gasteiger partial charge in [0.05, 0.1) is 12.3 Å². The number of nitrogens with zero attached hydrogens (tertiary/aromatic N) is 2. The molecular formula is C13H19N3O3. The summed E-state index contributed by atoms with van der Waals surface area (Å²) in [6.07, 6.45) is 2.96. The molecular weight excluding hydrogens is 246 g/mol. The van der Waals surface area contributed by atoms with E-state index in [0.717, 1.165) is 19.3 Å². The number of rotatable bonds is 4. The fourth-order valence-electron chi connectivity index (χ4n) is 2.28. The van der Waals surface area contributed by atoms with Gasteiger partial charge in [-0.25, -0.2) is 5.10 Å². The van der Waals surface area contributed by atoms with Gasteiger partial charge >= 0.3 is 0 Å². The Morgan fingerprint density at radius 2 is 2.16 bits per heavy atom. The van der Waals surface area contributed by atoms with E-state index in [0.29, 0.717) is 11.3 Å². The molecule has 1 aromatic heterocycles. The van der Waals surface area contributed by atoms with Crippen LogP contribution in [0.2, 0.25) is 0 Å². The fourth-order valence-corrected chi connectivity index (χ4v) is 2.28. The second-order valence-electron chi connectivity index (χ2n) is 4.95. The Labute approximate surface area is 111 Å². The minimum atomic E-state index is -0.463. The minimum absolute atomic E-state index is 0.0940. The molecule has 1 fully saturated rings. The van der Waals surface area contributed by atoms with Crippen LogP contribution in [0.15, 0.2) is 4.79 Å². The van der Waals surface area contributed by atoms with E-state index in [9.17, 15) is 9.59 Å².